The molecule has 0 aliphatic rings. The zero-order chi connectivity index (χ0) is 20.0. The molecule has 2 N–H and O–H groups in total. The maximum atomic E-state index is 12.7. The van der Waals surface area contributed by atoms with Gasteiger partial charge in [-0.2, -0.15) is 0 Å². The number of furan rings is 1. The van der Waals surface area contributed by atoms with E-state index in [0.717, 1.165) is 20.3 Å². The van der Waals surface area contributed by atoms with E-state index in [1.165, 1.54) is 22.7 Å². The number of amides is 1. The number of carboxylic acids is 1. The fourth-order valence-electron chi connectivity index (χ4n) is 3.22. The van der Waals surface area contributed by atoms with Gasteiger partial charge in [0.1, 0.15) is 11.1 Å². The van der Waals surface area contributed by atoms with Crippen LogP contribution in [0.4, 0.5) is 5.69 Å². The third-order valence-electron chi connectivity index (χ3n) is 4.55. The van der Waals surface area contributed by atoms with Gasteiger partial charge in [0.05, 0.1) is 10.6 Å². The highest BCUT2D eigenvalue weighted by molar-refractivity contribution is 7.26. The molecule has 0 radical (unpaired) electrons. The molecule has 3 aromatic heterocycles. The van der Waals surface area contributed by atoms with Gasteiger partial charge < -0.3 is 14.8 Å². The number of fused-ring (bicyclic) bond motifs is 2. The van der Waals surface area contributed by atoms with Gasteiger partial charge in [-0.05, 0) is 29.7 Å². The SMILES string of the molecule is O=C(Nc1csc(-c2cc3ccccc3s2)c1C(=O)O)c1cc2ccccc2o1. The summed E-state index contributed by atoms with van der Waals surface area (Å²) >= 11 is 2.83. The molecule has 0 aliphatic heterocycles. The first-order valence-corrected chi connectivity index (χ1v) is 10.4. The zero-order valence-electron chi connectivity index (χ0n) is 14.8. The second kappa shape index (κ2) is 6.88. The van der Waals surface area contributed by atoms with E-state index in [2.05, 4.69) is 5.32 Å². The highest BCUT2D eigenvalue weighted by Crippen LogP contribution is 2.41. The molecule has 5 nitrogen and oxygen atoms in total. The Labute approximate surface area is 172 Å². The Morgan fingerprint density at radius 2 is 1.72 bits per heavy atom. The first-order chi connectivity index (χ1) is 14.1. The summed E-state index contributed by atoms with van der Waals surface area (Å²) in [7, 11) is 0. The van der Waals surface area contributed by atoms with Crippen LogP contribution in [0.5, 0.6) is 0 Å². The lowest BCUT2D eigenvalue weighted by molar-refractivity contribution is 0.0699. The first-order valence-electron chi connectivity index (χ1n) is 8.74. The summed E-state index contributed by atoms with van der Waals surface area (Å²) in [5.74, 6) is -1.43. The van der Waals surface area contributed by atoms with E-state index in [0.29, 0.717) is 10.5 Å². The zero-order valence-corrected chi connectivity index (χ0v) is 16.5. The molecule has 3 heterocycles. The van der Waals surface area contributed by atoms with Crippen molar-refractivity contribution in [3.8, 4) is 9.75 Å². The highest BCUT2D eigenvalue weighted by atomic mass is 32.1. The molecule has 0 aliphatic carbocycles. The number of hydrogen-bond donors (Lipinski definition) is 2. The van der Waals surface area contributed by atoms with Crippen LogP contribution in [0, 0.1) is 0 Å². The van der Waals surface area contributed by atoms with Crippen molar-refractivity contribution in [1.82, 2.24) is 0 Å². The minimum Gasteiger partial charge on any atom is -0.478 e. The molecule has 7 heteroatoms. The van der Waals surface area contributed by atoms with E-state index in [-0.39, 0.29) is 17.0 Å². The minimum absolute atomic E-state index is 0.0889. The number of anilines is 1. The first kappa shape index (κ1) is 17.7. The molecule has 0 fully saturated rings. The van der Waals surface area contributed by atoms with Crippen molar-refractivity contribution in [3.63, 3.8) is 0 Å². The molecule has 0 saturated carbocycles. The third-order valence-corrected chi connectivity index (χ3v) is 6.83. The Hall–Kier alpha value is -3.42. The van der Waals surface area contributed by atoms with Gasteiger partial charge in [0, 0.05) is 20.3 Å². The molecule has 0 bridgehead atoms. The number of para-hydroxylation sites is 1. The number of benzene rings is 2. The van der Waals surface area contributed by atoms with E-state index in [4.69, 9.17) is 4.42 Å². The minimum atomic E-state index is -1.08. The van der Waals surface area contributed by atoms with Gasteiger partial charge >= 0.3 is 5.97 Å². The van der Waals surface area contributed by atoms with Crippen molar-refractivity contribution >= 4 is 61.3 Å². The fraction of sp³-hybridized carbons (Fsp3) is 0. The summed E-state index contributed by atoms with van der Waals surface area (Å²) in [5, 5.41) is 16.0. The Kier molecular flexibility index (Phi) is 4.19. The van der Waals surface area contributed by atoms with Crippen LogP contribution < -0.4 is 5.32 Å². The van der Waals surface area contributed by atoms with Gasteiger partial charge in [0.25, 0.3) is 5.91 Å². The quantitative estimate of drug-likeness (QED) is 0.357. The maximum Gasteiger partial charge on any atom is 0.339 e. The van der Waals surface area contributed by atoms with Crippen molar-refractivity contribution < 1.29 is 19.1 Å². The van der Waals surface area contributed by atoms with Gasteiger partial charge in [-0.1, -0.05) is 36.4 Å². The second-order valence-electron chi connectivity index (χ2n) is 6.41. The van der Waals surface area contributed by atoms with Crippen molar-refractivity contribution in [2.45, 2.75) is 0 Å². The van der Waals surface area contributed by atoms with Gasteiger partial charge in [0.2, 0.25) is 0 Å². The molecule has 2 aromatic carbocycles. The summed E-state index contributed by atoms with van der Waals surface area (Å²) in [4.78, 5) is 26.1. The number of carboxylic acid groups (broad SMARTS) is 1. The van der Waals surface area contributed by atoms with Crippen LogP contribution >= 0.6 is 22.7 Å². The highest BCUT2D eigenvalue weighted by Gasteiger charge is 2.23. The lowest BCUT2D eigenvalue weighted by Gasteiger charge is -2.03. The summed E-state index contributed by atoms with van der Waals surface area (Å²) in [5.41, 5.74) is 0.957. The molecule has 0 unspecified atom stereocenters. The standard InChI is InChI=1S/C22H13NO4S2/c24-21(16-9-12-5-1-3-7-15(12)27-16)23-14-11-28-20(19(14)22(25)26)18-10-13-6-2-4-8-17(13)29-18/h1-11H,(H,23,24)(H,25,26). The average Bonchev–Trinajstić information content (AvgIpc) is 3.43. The van der Waals surface area contributed by atoms with Gasteiger partial charge in [-0.3, -0.25) is 4.79 Å². The van der Waals surface area contributed by atoms with E-state index in [9.17, 15) is 14.7 Å². The fourth-order valence-corrected chi connectivity index (χ4v) is 5.40. The lowest BCUT2D eigenvalue weighted by Crippen LogP contribution is -2.13. The third kappa shape index (κ3) is 3.10. The summed E-state index contributed by atoms with van der Waals surface area (Å²) < 4.78 is 6.66. The lowest BCUT2D eigenvalue weighted by atomic mass is 10.2. The molecule has 0 atom stereocenters. The van der Waals surface area contributed by atoms with E-state index in [1.54, 1.807) is 17.5 Å². The van der Waals surface area contributed by atoms with E-state index < -0.39 is 11.9 Å². The predicted molar refractivity (Wildman–Crippen MR) is 116 cm³/mol. The molecule has 5 rings (SSSR count). The molecule has 0 saturated heterocycles. The topological polar surface area (TPSA) is 79.5 Å². The Morgan fingerprint density at radius 3 is 2.48 bits per heavy atom. The largest absolute Gasteiger partial charge is 0.478 e. The molecular weight excluding hydrogens is 406 g/mol. The normalized spacial score (nSPS) is 11.2. The summed E-state index contributed by atoms with van der Waals surface area (Å²) in [6.45, 7) is 0. The van der Waals surface area contributed by atoms with Crippen molar-refractivity contribution in [3.05, 3.63) is 77.4 Å². The van der Waals surface area contributed by atoms with Crippen molar-refractivity contribution in [2.24, 2.45) is 0 Å². The Morgan fingerprint density at radius 1 is 0.966 bits per heavy atom. The Balaban J connectivity index is 1.52. The number of carbonyl (C=O) groups excluding carboxylic acids is 1. The smallest absolute Gasteiger partial charge is 0.339 e. The van der Waals surface area contributed by atoms with Gasteiger partial charge in [0.15, 0.2) is 5.76 Å². The number of thiophene rings is 2. The number of aromatic carboxylic acids is 1. The molecule has 1 amide bonds. The van der Waals surface area contributed by atoms with Crippen LogP contribution in [0.2, 0.25) is 0 Å². The molecule has 5 aromatic rings. The molecular formula is C22H13NO4S2. The number of rotatable bonds is 4. The molecule has 29 heavy (non-hydrogen) atoms. The van der Waals surface area contributed by atoms with E-state index in [1.807, 2.05) is 48.5 Å². The molecule has 0 spiro atoms. The maximum absolute atomic E-state index is 12.7. The van der Waals surface area contributed by atoms with Crippen LogP contribution in [-0.2, 0) is 0 Å². The van der Waals surface area contributed by atoms with Crippen LogP contribution in [0.25, 0.3) is 30.8 Å². The Bertz CT molecular complexity index is 1330. The monoisotopic (exact) mass is 419 g/mol. The van der Waals surface area contributed by atoms with E-state index >= 15 is 0 Å². The van der Waals surface area contributed by atoms with Gasteiger partial charge in [-0.25, -0.2) is 4.79 Å². The van der Waals surface area contributed by atoms with Gasteiger partial charge in [-0.15, -0.1) is 22.7 Å². The van der Waals surface area contributed by atoms with Crippen LogP contribution in [-0.4, -0.2) is 17.0 Å². The average molecular weight is 419 g/mol. The van der Waals surface area contributed by atoms with Crippen molar-refractivity contribution in [1.29, 1.82) is 0 Å². The van der Waals surface area contributed by atoms with Crippen molar-refractivity contribution in [2.75, 3.05) is 5.32 Å². The van der Waals surface area contributed by atoms with Crippen LogP contribution in [0.3, 0.4) is 0 Å². The second-order valence-corrected chi connectivity index (χ2v) is 8.37. The predicted octanol–water partition coefficient (Wildman–Crippen LogP) is 6.33. The summed E-state index contributed by atoms with van der Waals surface area (Å²) in [6, 6.07) is 18.8. The molecule has 142 valence electrons. The number of nitrogens with one attached hydrogen (secondary N) is 1. The van der Waals surface area contributed by atoms with Crippen LogP contribution in [0.1, 0.15) is 20.9 Å². The number of hydrogen-bond acceptors (Lipinski definition) is 5. The summed E-state index contributed by atoms with van der Waals surface area (Å²) in [6.07, 6.45) is 0. The number of carbonyl (C=O) groups is 2. The van der Waals surface area contributed by atoms with Crippen LogP contribution in [0.15, 0.2) is 70.5 Å².